The van der Waals surface area contributed by atoms with Crippen LogP contribution < -0.4 is 0 Å². The van der Waals surface area contributed by atoms with Gasteiger partial charge in [-0.2, -0.15) is 0 Å². The van der Waals surface area contributed by atoms with Gasteiger partial charge in [0.05, 0.1) is 0 Å². The van der Waals surface area contributed by atoms with E-state index >= 15 is 0 Å². The maximum absolute atomic E-state index is 12.9. The summed E-state index contributed by atoms with van der Waals surface area (Å²) in [5, 5.41) is 0. The summed E-state index contributed by atoms with van der Waals surface area (Å²) in [7, 11) is 0. The molecule has 0 aliphatic heterocycles. The molecule has 0 spiro atoms. The van der Waals surface area contributed by atoms with Crippen molar-refractivity contribution in [3.05, 3.63) is 0 Å². The summed E-state index contributed by atoms with van der Waals surface area (Å²) in [5.41, 5.74) is -5.48. The third-order valence-electron chi connectivity index (χ3n) is 1.02. The van der Waals surface area contributed by atoms with E-state index in [1.165, 1.54) is 0 Å². The van der Waals surface area contributed by atoms with Crippen molar-refractivity contribution in [3.8, 4) is 0 Å². The maximum Gasteiger partial charge on any atom is 0.490 e. The van der Waals surface area contributed by atoms with Crippen LogP contribution in [-0.4, -0.2) is 26.6 Å². The minimum atomic E-state index is -4.74. The average Bonchev–Trinajstić information content (AvgIpc) is 1.98. The molecule has 0 amide bonds. The molecule has 0 aromatic carbocycles. The van der Waals surface area contributed by atoms with Crippen molar-refractivity contribution < 1.29 is 27.0 Å². The van der Waals surface area contributed by atoms with Crippen LogP contribution in [0.3, 0.4) is 0 Å². The summed E-state index contributed by atoms with van der Waals surface area (Å²) in [4.78, 5) is 0. The molecule has 2 unspecified atom stereocenters. The normalized spacial score (nSPS) is 18.0. The Morgan fingerprint density at radius 1 is 0.765 bits per heavy atom. The van der Waals surface area contributed by atoms with E-state index in [0.717, 1.165) is 0 Å². The Labute approximate surface area is 123 Å². The van der Waals surface area contributed by atoms with Gasteiger partial charge in [-0.25, -0.2) is 8.78 Å². The van der Waals surface area contributed by atoms with Gasteiger partial charge in [0.2, 0.25) is 11.3 Å². The topological polar surface area (TPSA) is 18.5 Å². The first-order valence-electron chi connectivity index (χ1n) is 3.40. The fourth-order valence-corrected chi connectivity index (χ4v) is 0.875. The highest BCUT2D eigenvalue weighted by Crippen LogP contribution is 2.42. The Hall–Kier alpha value is 1.38. The van der Waals surface area contributed by atoms with Crippen LogP contribution in [0.1, 0.15) is 0 Å². The molecule has 0 aromatic heterocycles. The van der Waals surface area contributed by atoms with Gasteiger partial charge in [-0.15, -0.1) is 8.78 Å². The number of hydrogen-bond acceptors (Lipinski definition) is 2. The zero-order valence-corrected chi connectivity index (χ0v) is 11.8. The highest BCUT2D eigenvalue weighted by molar-refractivity contribution is 6.51. The van der Waals surface area contributed by atoms with Gasteiger partial charge in [-0.1, -0.05) is 69.6 Å². The lowest BCUT2D eigenvalue weighted by molar-refractivity contribution is -0.417. The summed E-state index contributed by atoms with van der Waals surface area (Å²) in [6.45, 7) is 0. The fraction of sp³-hybridized carbons (Fsp3) is 1.00. The quantitative estimate of drug-likeness (QED) is 0.369. The largest absolute Gasteiger partial charge is 0.490 e. The molecule has 17 heavy (non-hydrogen) atoms. The second-order valence-corrected chi connectivity index (χ2v) is 5.79. The first kappa shape index (κ1) is 18.4. The van der Waals surface area contributed by atoms with Crippen molar-refractivity contribution in [1.82, 2.24) is 0 Å². The number of alkyl halides is 10. The van der Waals surface area contributed by atoms with Crippen LogP contribution in [-0.2, 0) is 9.47 Å². The van der Waals surface area contributed by atoms with Gasteiger partial charge in [0.15, 0.2) is 0 Å². The van der Waals surface area contributed by atoms with E-state index in [4.69, 9.17) is 69.6 Å². The average molecular weight is 383 g/mol. The lowest BCUT2D eigenvalue weighted by Crippen LogP contribution is -2.43. The standard InChI is InChI=1S/C5H2Cl6F4O2/c6-1(12)3(8,9)16-5(14,15)17-4(10,11)2(7)13/h1-2H. The van der Waals surface area contributed by atoms with E-state index in [1.54, 1.807) is 0 Å². The van der Waals surface area contributed by atoms with Gasteiger partial charge >= 0.3 is 6.29 Å². The third-order valence-corrected chi connectivity index (χ3v) is 3.15. The zero-order valence-electron chi connectivity index (χ0n) is 7.25. The van der Waals surface area contributed by atoms with Crippen LogP contribution >= 0.6 is 69.6 Å². The molecule has 0 saturated carbocycles. The molecule has 0 heterocycles. The van der Waals surface area contributed by atoms with Crippen molar-refractivity contribution in [3.63, 3.8) is 0 Å². The molecular formula is C5H2Cl6F4O2. The van der Waals surface area contributed by atoms with E-state index in [-0.39, 0.29) is 0 Å². The van der Waals surface area contributed by atoms with E-state index in [0.29, 0.717) is 0 Å². The zero-order chi connectivity index (χ0) is 14.1. The number of rotatable bonds is 6. The van der Waals surface area contributed by atoms with Crippen molar-refractivity contribution >= 4 is 69.6 Å². The summed E-state index contributed by atoms with van der Waals surface area (Å²) in [6.07, 6.45) is -4.74. The van der Waals surface area contributed by atoms with Gasteiger partial charge in [0.1, 0.15) is 0 Å². The van der Waals surface area contributed by atoms with E-state index in [1.807, 2.05) is 0 Å². The molecule has 2 atom stereocenters. The van der Waals surface area contributed by atoms with Crippen LogP contribution in [0.2, 0.25) is 0 Å². The highest BCUT2D eigenvalue weighted by atomic mass is 35.5. The molecule has 104 valence electrons. The molecule has 0 radical (unpaired) electrons. The van der Waals surface area contributed by atoms with Crippen LogP contribution in [0.25, 0.3) is 0 Å². The smallest absolute Gasteiger partial charge is 0.254 e. The number of ether oxygens (including phenoxy) is 2. The van der Waals surface area contributed by atoms with E-state index < -0.39 is 26.6 Å². The summed E-state index contributed by atoms with van der Waals surface area (Å²) in [5.74, 6) is 0. The number of halogens is 10. The van der Waals surface area contributed by atoms with Gasteiger partial charge in [-0.05, 0) is 0 Å². The SMILES string of the molecule is FC(Cl)C(Cl)(Cl)OC(F)(F)OC(Cl)(Cl)C(F)Cl. The molecule has 12 heteroatoms. The maximum atomic E-state index is 12.9. The molecule has 0 aliphatic rings. The van der Waals surface area contributed by atoms with Gasteiger partial charge in [0.25, 0.3) is 9.04 Å². The Balaban J connectivity index is 4.71. The van der Waals surface area contributed by atoms with Gasteiger partial charge in [-0.3, -0.25) is 9.47 Å². The molecule has 0 saturated heterocycles. The second-order valence-electron chi connectivity index (χ2n) is 2.39. The van der Waals surface area contributed by atoms with Gasteiger partial charge < -0.3 is 0 Å². The molecule has 0 bridgehead atoms. The molecule has 0 rings (SSSR count). The predicted molar refractivity (Wildman–Crippen MR) is 57.5 cm³/mol. The minimum absolute atomic E-state index is 2.74. The molecule has 0 N–H and O–H groups in total. The Morgan fingerprint density at radius 2 is 1.00 bits per heavy atom. The lowest BCUT2D eigenvalue weighted by atomic mass is 10.7. The van der Waals surface area contributed by atoms with Crippen LogP contribution in [0.4, 0.5) is 17.6 Å². The molecule has 0 aromatic rings. The Bertz CT molecular complexity index is 237. The highest BCUT2D eigenvalue weighted by Gasteiger charge is 2.53. The third kappa shape index (κ3) is 6.38. The van der Waals surface area contributed by atoms with Crippen molar-refractivity contribution in [2.24, 2.45) is 0 Å². The van der Waals surface area contributed by atoms with Crippen LogP contribution in [0.5, 0.6) is 0 Å². The number of hydrogen-bond donors (Lipinski definition) is 0. The van der Waals surface area contributed by atoms with Crippen molar-refractivity contribution in [2.75, 3.05) is 0 Å². The summed E-state index contributed by atoms with van der Waals surface area (Å²) in [6, 6.07) is 0. The fourth-order valence-electron chi connectivity index (χ4n) is 0.427. The molecule has 0 fully saturated rings. The van der Waals surface area contributed by atoms with E-state index in [2.05, 4.69) is 9.47 Å². The predicted octanol–water partition coefficient (Wildman–Crippen LogP) is 4.90. The first-order chi connectivity index (χ1) is 7.30. The summed E-state index contributed by atoms with van der Waals surface area (Å²) >= 11 is 29.1. The lowest BCUT2D eigenvalue weighted by Gasteiger charge is -2.29. The van der Waals surface area contributed by atoms with Crippen molar-refractivity contribution in [1.29, 1.82) is 0 Å². The Kier molecular flexibility index (Phi) is 6.73. The monoisotopic (exact) mass is 380 g/mol. The van der Waals surface area contributed by atoms with Gasteiger partial charge in [0, 0.05) is 0 Å². The van der Waals surface area contributed by atoms with Crippen LogP contribution in [0, 0.1) is 0 Å². The molecule has 2 nitrogen and oxygen atoms in total. The first-order valence-corrected chi connectivity index (χ1v) is 5.79. The summed E-state index contributed by atoms with van der Waals surface area (Å²) < 4.78 is 51.2. The molecular weight excluding hydrogens is 381 g/mol. The van der Waals surface area contributed by atoms with E-state index in [9.17, 15) is 17.6 Å². The molecule has 0 aliphatic carbocycles. The Morgan fingerprint density at radius 3 is 1.18 bits per heavy atom. The van der Waals surface area contributed by atoms with Crippen LogP contribution in [0.15, 0.2) is 0 Å². The minimum Gasteiger partial charge on any atom is -0.254 e. The van der Waals surface area contributed by atoms with Crippen molar-refractivity contribution in [2.45, 2.75) is 26.6 Å². The second kappa shape index (κ2) is 6.22.